The van der Waals surface area contributed by atoms with Gasteiger partial charge in [0, 0.05) is 27.1 Å². The van der Waals surface area contributed by atoms with Crippen LogP contribution in [0.1, 0.15) is 16.9 Å². The number of rotatable bonds is 4. The first-order valence-corrected chi connectivity index (χ1v) is 5.49. The summed E-state index contributed by atoms with van der Waals surface area (Å²) in [6, 6.07) is 4.80. The molecule has 0 aromatic carbocycles. The molecule has 0 aliphatic carbocycles. The fraction of sp³-hybridized carbons (Fsp3) is 0.364. The van der Waals surface area contributed by atoms with Crippen molar-refractivity contribution < 1.29 is 9.59 Å². The van der Waals surface area contributed by atoms with Crippen LogP contribution in [-0.4, -0.2) is 42.3 Å². The summed E-state index contributed by atoms with van der Waals surface area (Å²) in [7, 11) is 3.34. The minimum Gasteiger partial charge on any atom is -0.350 e. The lowest BCUT2D eigenvalue weighted by molar-refractivity contribution is -0.128. The van der Waals surface area contributed by atoms with E-state index in [-0.39, 0.29) is 35.6 Å². The minimum absolute atomic E-state index is 0.0376. The Morgan fingerprint density at radius 2 is 2.12 bits per heavy atom. The van der Waals surface area contributed by atoms with Gasteiger partial charge in [-0.15, -0.1) is 0 Å². The molecule has 0 radical (unpaired) electrons. The molecule has 1 aromatic rings. The van der Waals surface area contributed by atoms with Crippen LogP contribution in [0.2, 0.25) is 5.15 Å². The number of hydrogen-bond donors (Lipinski definition) is 1. The van der Waals surface area contributed by atoms with E-state index in [1.165, 1.54) is 4.90 Å². The number of pyridine rings is 1. The maximum Gasteiger partial charge on any atom is 0.269 e. The maximum absolute atomic E-state index is 11.6. The average Bonchev–Trinajstić information content (AvgIpc) is 2.28. The van der Waals surface area contributed by atoms with Crippen LogP contribution in [0, 0.1) is 0 Å². The van der Waals surface area contributed by atoms with E-state index in [0.717, 1.165) is 0 Å². The summed E-state index contributed by atoms with van der Waals surface area (Å²) >= 11 is 5.66. The van der Waals surface area contributed by atoms with Crippen molar-refractivity contribution in [3.05, 3.63) is 29.0 Å². The Balaban J connectivity index is 2.43. The Labute approximate surface area is 105 Å². The lowest BCUT2D eigenvalue weighted by atomic mass is 10.3. The molecule has 5 nitrogen and oxygen atoms in total. The summed E-state index contributed by atoms with van der Waals surface area (Å²) in [6.07, 6.45) is 0.263. The molecule has 0 saturated carbocycles. The molecule has 0 unspecified atom stereocenters. The molecule has 1 N–H and O–H groups in total. The molecule has 0 spiro atoms. The summed E-state index contributed by atoms with van der Waals surface area (Å²) in [5, 5.41) is 2.87. The maximum atomic E-state index is 11.6. The summed E-state index contributed by atoms with van der Waals surface area (Å²) in [5.41, 5.74) is 0.245. The molecular weight excluding hydrogens is 242 g/mol. The number of carbonyl (C=O) groups is 2. The standard InChI is InChI=1S/C11H14ClN3O2/c1-15(2)10(16)6-7-13-11(17)8-4-3-5-9(12)14-8/h3-5H,6-7H2,1-2H3,(H,13,17). The first-order chi connectivity index (χ1) is 8.00. The Morgan fingerprint density at radius 3 is 2.71 bits per heavy atom. The first kappa shape index (κ1) is 13.4. The van der Waals surface area contributed by atoms with Crippen LogP contribution >= 0.6 is 11.6 Å². The van der Waals surface area contributed by atoms with Crippen molar-refractivity contribution in [3.8, 4) is 0 Å². The van der Waals surface area contributed by atoms with Crippen molar-refractivity contribution in [1.29, 1.82) is 0 Å². The number of halogens is 1. The van der Waals surface area contributed by atoms with Crippen molar-refractivity contribution in [2.45, 2.75) is 6.42 Å². The van der Waals surface area contributed by atoms with Gasteiger partial charge >= 0.3 is 0 Å². The van der Waals surface area contributed by atoms with E-state index in [1.807, 2.05) is 0 Å². The minimum atomic E-state index is -0.334. The van der Waals surface area contributed by atoms with Crippen LogP contribution in [0.25, 0.3) is 0 Å². The number of amides is 2. The van der Waals surface area contributed by atoms with E-state index in [9.17, 15) is 9.59 Å². The van der Waals surface area contributed by atoms with E-state index in [1.54, 1.807) is 32.3 Å². The zero-order chi connectivity index (χ0) is 12.8. The summed E-state index contributed by atoms with van der Waals surface area (Å²) in [4.78, 5) is 28.2. The highest BCUT2D eigenvalue weighted by atomic mass is 35.5. The second-order valence-electron chi connectivity index (χ2n) is 3.64. The third-order valence-electron chi connectivity index (χ3n) is 2.07. The van der Waals surface area contributed by atoms with Crippen molar-refractivity contribution in [3.63, 3.8) is 0 Å². The molecule has 0 aliphatic heterocycles. The number of aromatic nitrogens is 1. The fourth-order valence-corrected chi connectivity index (χ4v) is 1.30. The van der Waals surface area contributed by atoms with Gasteiger partial charge in [-0.2, -0.15) is 0 Å². The molecule has 6 heteroatoms. The second kappa shape index (κ2) is 6.20. The van der Waals surface area contributed by atoms with E-state index < -0.39 is 0 Å². The lowest BCUT2D eigenvalue weighted by Crippen LogP contribution is -2.30. The van der Waals surface area contributed by atoms with Gasteiger partial charge in [0.05, 0.1) is 0 Å². The molecular formula is C11H14ClN3O2. The molecule has 1 heterocycles. The molecule has 0 fully saturated rings. The summed E-state index contributed by atoms with van der Waals surface area (Å²) in [6.45, 7) is 0.282. The Morgan fingerprint density at radius 1 is 1.41 bits per heavy atom. The Bertz CT molecular complexity index is 421. The molecule has 0 aliphatic rings. The highest BCUT2D eigenvalue weighted by Gasteiger charge is 2.08. The first-order valence-electron chi connectivity index (χ1n) is 5.11. The third-order valence-corrected chi connectivity index (χ3v) is 2.28. The zero-order valence-electron chi connectivity index (χ0n) is 9.74. The van der Waals surface area contributed by atoms with Crippen LogP contribution in [0.15, 0.2) is 18.2 Å². The van der Waals surface area contributed by atoms with Crippen molar-refractivity contribution in [1.82, 2.24) is 15.2 Å². The van der Waals surface area contributed by atoms with Crippen LogP contribution in [0.3, 0.4) is 0 Å². The van der Waals surface area contributed by atoms with Gasteiger partial charge in [0.15, 0.2) is 0 Å². The van der Waals surface area contributed by atoms with E-state index in [0.29, 0.717) is 0 Å². The van der Waals surface area contributed by atoms with Gasteiger partial charge in [-0.1, -0.05) is 17.7 Å². The van der Waals surface area contributed by atoms with Gasteiger partial charge in [0.25, 0.3) is 5.91 Å². The van der Waals surface area contributed by atoms with Crippen LogP contribution in [0.5, 0.6) is 0 Å². The van der Waals surface area contributed by atoms with Crippen molar-refractivity contribution in [2.24, 2.45) is 0 Å². The zero-order valence-corrected chi connectivity index (χ0v) is 10.5. The Hall–Kier alpha value is -1.62. The third kappa shape index (κ3) is 4.40. The number of nitrogens with zero attached hydrogens (tertiary/aromatic N) is 2. The van der Waals surface area contributed by atoms with Gasteiger partial charge < -0.3 is 10.2 Å². The van der Waals surface area contributed by atoms with Gasteiger partial charge in [-0.25, -0.2) is 4.98 Å². The van der Waals surface area contributed by atoms with Gasteiger partial charge in [-0.3, -0.25) is 9.59 Å². The second-order valence-corrected chi connectivity index (χ2v) is 4.03. The SMILES string of the molecule is CN(C)C(=O)CCNC(=O)c1cccc(Cl)n1. The molecule has 92 valence electrons. The van der Waals surface area contributed by atoms with Gasteiger partial charge in [0.2, 0.25) is 5.91 Å². The van der Waals surface area contributed by atoms with Crippen LogP contribution < -0.4 is 5.32 Å². The normalized spacial score (nSPS) is 9.82. The van der Waals surface area contributed by atoms with Crippen molar-refractivity contribution in [2.75, 3.05) is 20.6 Å². The highest BCUT2D eigenvalue weighted by Crippen LogP contribution is 2.04. The number of nitrogens with one attached hydrogen (secondary N) is 1. The predicted octanol–water partition coefficient (Wildman–Crippen LogP) is 0.943. The molecule has 2 amide bonds. The number of carbonyl (C=O) groups excluding carboxylic acids is 2. The number of hydrogen-bond acceptors (Lipinski definition) is 3. The van der Waals surface area contributed by atoms with Crippen LogP contribution in [0.4, 0.5) is 0 Å². The topological polar surface area (TPSA) is 62.3 Å². The Kier molecular flexibility index (Phi) is 4.90. The fourth-order valence-electron chi connectivity index (χ4n) is 1.13. The predicted molar refractivity (Wildman–Crippen MR) is 64.9 cm³/mol. The molecule has 0 bridgehead atoms. The molecule has 0 atom stereocenters. The molecule has 17 heavy (non-hydrogen) atoms. The van der Waals surface area contributed by atoms with Crippen molar-refractivity contribution >= 4 is 23.4 Å². The van der Waals surface area contributed by atoms with Gasteiger partial charge in [-0.05, 0) is 12.1 Å². The van der Waals surface area contributed by atoms with E-state index in [2.05, 4.69) is 10.3 Å². The highest BCUT2D eigenvalue weighted by molar-refractivity contribution is 6.29. The van der Waals surface area contributed by atoms with Gasteiger partial charge in [0.1, 0.15) is 10.8 Å². The van der Waals surface area contributed by atoms with Crippen LogP contribution in [-0.2, 0) is 4.79 Å². The molecule has 1 aromatic heterocycles. The summed E-state index contributed by atoms with van der Waals surface area (Å²) in [5.74, 6) is -0.372. The monoisotopic (exact) mass is 255 g/mol. The smallest absolute Gasteiger partial charge is 0.269 e. The summed E-state index contributed by atoms with van der Waals surface area (Å²) < 4.78 is 0. The quantitative estimate of drug-likeness (QED) is 0.815. The largest absolute Gasteiger partial charge is 0.350 e. The lowest BCUT2D eigenvalue weighted by Gasteiger charge is -2.10. The molecule has 0 saturated heterocycles. The average molecular weight is 256 g/mol. The van der Waals surface area contributed by atoms with E-state index in [4.69, 9.17) is 11.6 Å². The van der Waals surface area contributed by atoms with E-state index >= 15 is 0 Å². The molecule has 1 rings (SSSR count).